The molecule has 2 aromatic carbocycles. The van der Waals surface area contributed by atoms with Gasteiger partial charge in [-0.15, -0.1) is 0 Å². The van der Waals surface area contributed by atoms with Gasteiger partial charge >= 0.3 is 5.97 Å². The predicted octanol–water partition coefficient (Wildman–Crippen LogP) is 4.84. The van der Waals surface area contributed by atoms with Gasteiger partial charge in [0.1, 0.15) is 23.3 Å². The fourth-order valence-corrected chi connectivity index (χ4v) is 4.36. The minimum absolute atomic E-state index is 0.102. The Bertz CT molecular complexity index is 1350. The Morgan fingerprint density at radius 2 is 1.75 bits per heavy atom. The molecule has 186 valence electrons. The Kier molecular flexibility index (Phi) is 6.45. The molecule has 0 aliphatic carbocycles. The third kappa shape index (κ3) is 4.49. The van der Waals surface area contributed by atoms with E-state index in [1.165, 1.54) is 11.2 Å². The highest BCUT2D eigenvalue weighted by atomic mass is 16.5. The molecule has 0 bridgehead atoms. The largest absolute Gasteiger partial charge is 0.507 e. The molecule has 1 aliphatic rings. The van der Waals surface area contributed by atoms with Crippen molar-refractivity contribution < 1.29 is 33.8 Å². The van der Waals surface area contributed by atoms with Crippen molar-refractivity contribution in [2.45, 2.75) is 38.6 Å². The number of aliphatic hydroxyl groups excluding tert-OH is 1. The maximum Gasteiger partial charge on any atom is 0.307 e. The number of hydrogen-bond donors (Lipinski definition) is 2. The number of Topliss-reactive ketones (excluding diaryl/α,β-unsaturated/α-hetero) is 1. The highest BCUT2D eigenvalue weighted by Crippen LogP contribution is 2.43. The van der Waals surface area contributed by atoms with Crippen molar-refractivity contribution in [1.82, 2.24) is 0 Å². The van der Waals surface area contributed by atoms with Gasteiger partial charge < -0.3 is 19.4 Å². The van der Waals surface area contributed by atoms with Crippen LogP contribution in [0.25, 0.3) is 5.76 Å². The monoisotopic (exact) mass is 489 g/mol. The normalized spacial score (nSPS) is 17.4. The number of carboxylic acids is 1. The Morgan fingerprint density at radius 3 is 2.31 bits per heavy atom. The topological polar surface area (TPSA) is 117 Å². The molecular weight excluding hydrogens is 462 g/mol. The molecule has 36 heavy (non-hydrogen) atoms. The average molecular weight is 490 g/mol. The zero-order valence-corrected chi connectivity index (χ0v) is 20.4. The molecule has 4 rings (SSSR count). The number of rotatable bonds is 6. The second-order valence-electron chi connectivity index (χ2n) is 9.59. The van der Waals surface area contributed by atoms with Gasteiger partial charge in [0, 0.05) is 16.8 Å². The number of carbonyl (C=O) groups excluding carboxylic acids is 2. The smallest absolute Gasteiger partial charge is 0.307 e. The Hall–Kier alpha value is -4.33. The van der Waals surface area contributed by atoms with Crippen LogP contribution in [0, 0.1) is 0 Å². The number of aliphatic hydroxyl groups is 1. The first-order valence-corrected chi connectivity index (χ1v) is 11.4. The molecule has 2 heterocycles. The van der Waals surface area contributed by atoms with Crippen LogP contribution in [0.15, 0.2) is 70.9 Å². The molecule has 2 N–H and O–H groups in total. The van der Waals surface area contributed by atoms with Gasteiger partial charge in [0.2, 0.25) is 0 Å². The van der Waals surface area contributed by atoms with Crippen molar-refractivity contribution in [2.75, 3.05) is 12.0 Å². The van der Waals surface area contributed by atoms with Crippen molar-refractivity contribution >= 4 is 29.1 Å². The lowest BCUT2D eigenvalue weighted by molar-refractivity contribution is -0.136. The van der Waals surface area contributed by atoms with Gasteiger partial charge in [-0.25, -0.2) is 0 Å². The molecule has 1 aliphatic heterocycles. The van der Waals surface area contributed by atoms with Crippen LogP contribution in [0.2, 0.25) is 0 Å². The number of anilines is 1. The molecule has 0 radical (unpaired) electrons. The number of aliphatic carboxylic acids is 1. The van der Waals surface area contributed by atoms with Crippen LogP contribution in [0.3, 0.4) is 0 Å². The second-order valence-corrected chi connectivity index (χ2v) is 9.59. The summed E-state index contributed by atoms with van der Waals surface area (Å²) in [6, 6.07) is 13.7. The number of methoxy groups -OCH3 is 1. The molecular formula is C28H27NO7. The third-order valence-electron chi connectivity index (χ3n) is 6.11. The molecule has 8 heteroatoms. The number of carbonyl (C=O) groups is 3. The predicted molar refractivity (Wildman–Crippen MR) is 133 cm³/mol. The fraction of sp³-hybridized carbons (Fsp3) is 0.250. The minimum atomic E-state index is -1.01. The molecule has 8 nitrogen and oxygen atoms in total. The molecule has 1 atom stereocenters. The van der Waals surface area contributed by atoms with Gasteiger partial charge in [0.05, 0.1) is 25.4 Å². The van der Waals surface area contributed by atoms with Crippen LogP contribution in [0.5, 0.6) is 5.75 Å². The SMILES string of the molecule is COc1ccc(/C(O)=C2/C(=O)C(=O)N(c3ccc(CC(=O)O)cc3)C2c2ccco2)cc1C(C)(C)C. The summed E-state index contributed by atoms with van der Waals surface area (Å²) in [6.07, 6.45) is 1.25. The molecule has 1 saturated heterocycles. The van der Waals surface area contributed by atoms with Crippen LogP contribution >= 0.6 is 0 Å². The quantitative estimate of drug-likeness (QED) is 0.289. The average Bonchev–Trinajstić information content (AvgIpc) is 3.45. The van der Waals surface area contributed by atoms with Crippen LogP contribution in [-0.4, -0.2) is 35.0 Å². The summed E-state index contributed by atoms with van der Waals surface area (Å²) in [6.45, 7) is 6.01. The van der Waals surface area contributed by atoms with E-state index < -0.39 is 23.7 Å². The number of nitrogens with zero attached hydrogens (tertiary/aromatic N) is 1. The van der Waals surface area contributed by atoms with Gasteiger partial charge in [-0.3, -0.25) is 19.3 Å². The van der Waals surface area contributed by atoms with E-state index in [2.05, 4.69) is 0 Å². The van der Waals surface area contributed by atoms with Crippen LogP contribution < -0.4 is 9.64 Å². The van der Waals surface area contributed by atoms with Crippen molar-refractivity contribution in [1.29, 1.82) is 0 Å². The van der Waals surface area contributed by atoms with Gasteiger partial charge in [-0.2, -0.15) is 0 Å². The maximum absolute atomic E-state index is 13.3. The lowest BCUT2D eigenvalue weighted by Gasteiger charge is -2.24. The first-order valence-electron chi connectivity index (χ1n) is 11.4. The summed E-state index contributed by atoms with van der Waals surface area (Å²) in [4.78, 5) is 38.8. The van der Waals surface area contributed by atoms with Crippen molar-refractivity contribution in [2.24, 2.45) is 0 Å². The number of carboxylic acid groups (broad SMARTS) is 1. The van der Waals surface area contributed by atoms with E-state index in [1.807, 2.05) is 20.8 Å². The summed E-state index contributed by atoms with van der Waals surface area (Å²) in [5.74, 6) is -2.04. The lowest BCUT2D eigenvalue weighted by Crippen LogP contribution is -2.29. The molecule has 1 unspecified atom stereocenters. The Balaban J connectivity index is 1.86. The van der Waals surface area contributed by atoms with E-state index in [-0.39, 0.29) is 23.2 Å². The number of hydrogen-bond acceptors (Lipinski definition) is 6. The molecule has 1 aromatic heterocycles. The highest BCUT2D eigenvalue weighted by Gasteiger charge is 2.48. The lowest BCUT2D eigenvalue weighted by atomic mass is 9.84. The second kappa shape index (κ2) is 9.37. The van der Waals surface area contributed by atoms with Crippen LogP contribution in [0.1, 0.15) is 49.3 Å². The number of ketones is 1. The van der Waals surface area contributed by atoms with Crippen LogP contribution in [-0.2, 0) is 26.2 Å². The molecule has 1 amide bonds. The zero-order valence-electron chi connectivity index (χ0n) is 20.4. The first kappa shape index (κ1) is 24.8. The van der Waals surface area contributed by atoms with Crippen molar-refractivity contribution in [3.05, 3.63) is 88.9 Å². The fourth-order valence-electron chi connectivity index (χ4n) is 4.36. The van der Waals surface area contributed by atoms with E-state index in [9.17, 15) is 19.5 Å². The van der Waals surface area contributed by atoms with Crippen molar-refractivity contribution in [3.8, 4) is 5.75 Å². The number of benzene rings is 2. The summed E-state index contributed by atoms with van der Waals surface area (Å²) < 4.78 is 11.1. The number of amides is 1. The summed E-state index contributed by atoms with van der Waals surface area (Å²) in [5.41, 5.74) is 1.70. The van der Waals surface area contributed by atoms with E-state index in [1.54, 1.807) is 61.7 Å². The molecule has 0 saturated carbocycles. The van der Waals surface area contributed by atoms with E-state index in [0.717, 1.165) is 5.56 Å². The molecule has 0 spiro atoms. The first-order chi connectivity index (χ1) is 17.0. The number of ether oxygens (including phenoxy) is 1. The van der Waals surface area contributed by atoms with E-state index >= 15 is 0 Å². The number of furan rings is 1. The van der Waals surface area contributed by atoms with Crippen LogP contribution in [0.4, 0.5) is 5.69 Å². The molecule has 3 aromatic rings. The third-order valence-corrected chi connectivity index (χ3v) is 6.11. The van der Waals surface area contributed by atoms with E-state index in [0.29, 0.717) is 28.3 Å². The van der Waals surface area contributed by atoms with Gasteiger partial charge in [0.15, 0.2) is 0 Å². The molecule has 1 fully saturated rings. The zero-order chi connectivity index (χ0) is 26.2. The maximum atomic E-state index is 13.3. The Morgan fingerprint density at radius 1 is 1.06 bits per heavy atom. The Labute approximate surface area is 208 Å². The summed E-state index contributed by atoms with van der Waals surface area (Å²) in [5, 5.41) is 20.4. The van der Waals surface area contributed by atoms with Gasteiger partial charge in [-0.05, 0) is 53.4 Å². The standard InChI is InChI=1S/C28H27NO7/c1-28(2,3)19-15-17(9-12-20(19)35-4)25(32)23-24(21-6-5-13-36-21)29(27(34)26(23)33)18-10-7-16(8-11-18)14-22(30)31/h5-13,15,24,32H,14H2,1-4H3,(H,30,31)/b25-23-. The summed E-state index contributed by atoms with van der Waals surface area (Å²) in [7, 11) is 1.56. The highest BCUT2D eigenvalue weighted by molar-refractivity contribution is 6.51. The minimum Gasteiger partial charge on any atom is -0.507 e. The summed E-state index contributed by atoms with van der Waals surface area (Å²) >= 11 is 0. The van der Waals surface area contributed by atoms with E-state index in [4.69, 9.17) is 14.3 Å². The van der Waals surface area contributed by atoms with Gasteiger partial charge in [-0.1, -0.05) is 32.9 Å². The van der Waals surface area contributed by atoms with Gasteiger partial charge in [0.25, 0.3) is 11.7 Å². The van der Waals surface area contributed by atoms with Crippen molar-refractivity contribution in [3.63, 3.8) is 0 Å².